The molecule has 0 saturated heterocycles. The Bertz CT molecular complexity index is 511. The first-order chi connectivity index (χ1) is 9.65. The lowest BCUT2D eigenvalue weighted by Gasteiger charge is -2.12. The molecule has 2 N–H and O–H groups in total. The first kappa shape index (κ1) is 14.6. The minimum absolute atomic E-state index is 0.338. The summed E-state index contributed by atoms with van der Waals surface area (Å²) in [5.74, 6) is 1.14. The van der Waals surface area contributed by atoms with Gasteiger partial charge in [0.25, 0.3) is 0 Å². The lowest BCUT2D eigenvalue weighted by Crippen LogP contribution is -2.33. The first-order valence-corrected chi connectivity index (χ1v) is 6.87. The molecule has 0 bridgehead atoms. The number of hydrogen-bond acceptors (Lipinski definition) is 5. The van der Waals surface area contributed by atoms with Crippen LogP contribution in [0, 0.1) is 5.92 Å². The van der Waals surface area contributed by atoms with E-state index in [4.69, 9.17) is 0 Å². The van der Waals surface area contributed by atoms with Gasteiger partial charge in [-0.25, -0.2) is 0 Å². The van der Waals surface area contributed by atoms with E-state index < -0.39 is 6.10 Å². The summed E-state index contributed by atoms with van der Waals surface area (Å²) in [7, 11) is 0. The second-order valence-electron chi connectivity index (χ2n) is 5.24. The third kappa shape index (κ3) is 4.40. The van der Waals surface area contributed by atoms with Crippen molar-refractivity contribution in [3.8, 4) is 11.4 Å². The largest absolute Gasteiger partial charge is 0.390 e. The van der Waals surface area contributed by atoms with Crippen LogP contribution < -0.4 is 5.32 Å². The van der Waals surface area contributed by atoms with Gasteiger partial charge in [-0.3, -0.25) is 0 Å². The number of aliphatic hydroxyl groups is 1. The van der Waals surface area contributed by atoms with Crippen molar-refractivity contribution in [2.75, 3.05) is 13.1 Å². The fourth-order valence-electron chi connectivity index (χ4n) is 1.82. The molecular formula is C14H21N5O. The summed E-state index contributed by atoms with van der Waals surface area (Å²) in [5.41, 5.74) is 0.922. The second kappa shape index (κ2) is 7.12. The Morgan fingerprint density at radius 1 is 1.20 bits per heavy atom. The van der Waals surface area contributed by atoms with E-state index in [9.17, 15) is 5.11 Å². The standard InChI is InChI=1S/C14H21N5O/c1-11(2)8-15-9-13(20)10-19-17-14(16-18-19)12-6-4-3-5-7-12/h3-7,11,13,15,20H,8-10H2,1-2H3. The average molecular weight is 275 g/mol. The van der Waals surface area contributed by atoms with Crippen molar-refractivity contribution in [1.82, 2.24) is 25.5 Å². The van der Waals surface area contributed by atoms with Crippen LogP contribution in [0.5, 0.6) is 0 Å². The van der Waals surface area contributed by atoms with Crippen molar-refractivity contribution in [1.29, 1.82) is 0 Å². The highest BCUT2D eigenvalue weighted by atomic mass is 16.3. The van der Waals surface area contributed by atoms with Crippen LogP contribution in [0.4, 0.5) is 0 Å². The highest BCUT2D eigenvalue weighted by Crippen LogP contribution is 2.11. The number of benzene rings is 1. The Morgan fingerprint density at radius 2 is 1.95 bits per heavy atom. The van der Waals surface area contributed by atoms with Crippen molar-refractivity contribution in [2.45, 2.75) is 26.5 Å². The van der Waals surface area contributed by atoms with Crippen LogP contribution in [0.3, 0.4) is 0 Å². The maximum atomic E-state index is 9.90. The topological polar surface area (TPSA) is 75.9 Å². The van der Waals surface area contributed by atoms with Gasteiger partial charge in [-0.2, -0.15) is 4.80 Å². The fraction of sp³-hybridized carbons (Fsp3) is 0.500. The third-order valence-corrected chi connectivity index (χ3v) is 2.79. The predicted molar refractivity (Wildman–Crippen MR) is 77.0 cm³/mol. The van der Waals surface area contributed by atoms with Gasteiger partial charge < -0.3 is 10.4 Å². The molecule has 0 amide bonds. The van der Waals surface area contributed by atoms with E-state index >= 15 is 0 Å². The van der Waals surface area contributed by atoms with Gasteiger partial charge in [0, 0.05) is 12.1 Å². The van der Waals surface area contributed by atoms with Gasteiger partial charge in [0.05, 0.1) is 12.6 Å². The molecule has 0 aliphatic rings. The van der Waals surface area contributed by atoms with E-state index in [0.29, 0.717) is 24.8 Å². The Balaban J connectivity index is 1.86. The molecule has 1 atom stereocenters. The zero-order chi connectivity index (χ0) is 14.4. The summed E-state index contributed by atoms with van der Waals surface area (Å²) in [6.07, 6.45) is -0.522. The first-order valence-electron chi connectivity index (χ1n) is 6.87. The highest BCUT2D eigenvalue weighted by molar-refractivity contribution is 5.52. The second-order valence-corrected chi connectivity index (χ2v) is 5.24. The number of aromatic nitrogens is 4. The molecular weight excluding hydrogens is 254 g/mol. The van der Waals surface area contributed by atoms with Crippen LogP contribution in [0.2, 0.25) is 0 Å². The Hall–Kier alpha value is -1.79. The number of hydrogen-bond donors (Lipinski definition) is 2. The predicted octanol–water partition coefficient (Wildman–Crippen LogP) is 0.947. The van der Waals surface area contributed by atoms with Gasteiger partial charge in [0.1, 0.15) is 0 Å². The molecule has 0 spiro atoms. The number of rotatable bonds is 7. The van der Waals surface area contributed by atoms with Gasteiger partial charge in [-0.1, -0.05) is 44.2 Å². The van der Waals surface area contributed by atoms with E-state index in [0.717, 1.165) is 12.1 Å². The highest BCUT2D eigenvalue weighted by Gasteiger charge is 2.10. The van der Waals surface area contributed by atoms with Crippen molar-refractivity contribution < 1.29 is 5.11 Å². The summed E-state index contributed by atoms with van der Waals surface area (Å²) >= 11 is 0. The molecule has 0 aliphatic carbocycles. The molecule has 0 radical (unpaired) electrons. The van der Waals surface area contributed by atoms with Crippen LogP contribution in [-0.4, -0.2) is 44.5 Å². The molecule has 0 saturated carbocycles. The number of aliphatic hydroxyl groups excluding tert-OH is 1. The quantitative estimate of drug-likeness (QED) is 0.786. The van der Waals surface area contributed by atoms with E-state index in [1.165, 1.54) is 4.80 Å². The van der Waals surface area contributed by atoms with Crippen molar-refractivity contribution in [2.24, 2.45) is 5.92 Å². The van der Waals surface area contributed by atoms with E-state index in [1.807, 2.05) is 30.3 Å². The van der Waals surface area contributed by atoms with Gasteiger partial charge >= 0.3 is 0 Å². The monoisotopic (exact) mass is 275 g/mol. The maximum Gasteiger partial charge on any atom is 0.204 e. The third-order valence-electron chi connectivity index (χ3n) is 2.79. The zero-order valence-electron chi connectivity index (χ0n) is 11.9. The summed E-state index contributed by atoms with van der Waals surface area (Å²) in [4.78, 5) is 1.43. The summed E-state index contributed by atoms with van der Waals surface area (Å²) in [6, 6.07) is 9.67. The van der Waals surface area contributed by atoms with Crippen molar-refractivity contribution in [3.63, 3.8) is 0 Å². The number of tetrazole rings is 1. The molecule has 6 nitrogen and oxygen atoms in total. The lowest BCUT2D eigenvalue weighted by atomic mass is 10.2. The molecule has 1 unspecified atom stereocenters. The average Bonchev–Trinajstić information content (AvgIpc) is 2.88. The molecule has 108 valence electrons. The molecule has 1 aromatic heterocycles. The van der Waals surface area contributed by atoms with Crippen molar-refractivity contribution >= 4 is 0 Å². The molecule has 20 heavy (non-hydrogen) atoms. The lowest BCUT2D eigenvalue weighted by molar-refractivity contribution is 0.139. The number of nitrogens with one attached hydrogen (secondary N) is 1. The molecule has 6 heteroatoms. The van der Waals surface area contributed by atoms with Crippen LogP contribution in [-0.2, 0) is 6.54 Å². The summed E-state index contributed by atoms with van der Waals surface area (Å²) < 4.78 is 0. The minimum atomic E-state index is -0.522. The normalized spacial score (nSPS) is 12.8. The molecule has 0 aliphatic heterocycles. The fourth-order valence-corrected chi connectivity index (χ4v) is 1.82. The van der Waals surface area contributed by atoms with Crippen LogP contribution in [0.25, 0.3) is 11.4 Å². The summed E-state index contributed by atoms with van der Waals surface area (Å²) in [5, 5.41) is 25.3. The Labute approximate surface area is 118 Å². The minimum Gasteiger partial charge on any atom is -0.390 e. The van der Waals surface area contributed by atoms with Gasteiger partial charge in [-0.15, -0.1) is 10.2 Å². The van der Waals surface area contributed by atoms with E-state index in [1.54, 1.807) is 0 Å². The van der Waals surface area contributed by atoms with Gasteiger partial charge in [0.15, 0.2) is 0 Å². The van der Waals surface area contributed by atoms with E-state index in [2.05, 4.69) is 34.6 Å². The van der Waals surface area contributed by atoms with Crippen LogP contribution in [0.1, 0.15) is 13.8 Å². The Morgan fingerprint density at radius 3 is 2.65 bits per heavy atom. The smallest absolute Gasteiger partial charge is 0.204 e. The zero-order valence-corrected chi connectivity index (χ0v) is 11.9. The molecule has 2 rings (SSSR count). The maximum absolute atomic E-state index is 9.90. The van der Waals surface area contributed by atoms with Crippen LogP contribution in [0.15, 0.2) is 30.3 Å². The number of nitrogens with zero attached hydrogens (tertiary/aromatic N) is 4. The molecule has 1 heterocycles. The van der Waals surface area contributed by atoms with Crippen LogP contribution >= 0.6 is 0 Å². The molecule has 2 aromatic rings. The van der Waals surface area contributed by atoms with Gasteiger partial charge in [0.2, 0.25) is 5.82 Å². The summed E-state index contributed by atoms with van der Waals surface area (Å²) in [6.45, 7) is 6.01. The molecule has 0 fully saturated rings. The van der Waals surface area contributed by atoms with E-state index in [-0.39, 0.29) is 0 Å². The SMILES string of the molecule is CC(C)CNCC(O)Cn1nnc(-c2ccccc2)n1. The molecule has 1 aromatic carbocycles. The van der Waals surface area contributed by atoms with Crippen molar-refractivity contribution in [3.05, 3.63) is 30.3 Å². The Kier molecular flexibility index (Phi) is 5.20. The van der Waals surface area contributed by atoms with Gasteiger partial charge in [-0.05, 0) is 17.7 Å².